The molecule has 0 aliphatic rings. The summed E-state index contributed by atoms with van der Waals surface area (Å²) >= 11 is 1.63. The zero-order valence-electron chi connectivity index (χ0n) is 11.3. The molecule has 1 aromatic heterocycles. The lowest BCUT2D eigenvalue weighted by molar-refractivity contribution is -0.126. The molecule has 2 rings (SSSR count). The van der Waals surface area contributed by atoms with E-state index in [-0.39, 0.29) is 11.7 Å². The average Bonchev–Trinajstić information content (AvgIpc) is 2.95. The van der Waals surface area contributed by atoms with Gasteiger partial charge in [0.15, 0.2) is 0 Å². The Kier molecular flexibility index (Phi) is 5.07. The molecule has 1 heterocycles. The van der Waals surface area contributed by atoms with Gasteiger partial charge in [0.05, 0.1) is 6.54 Å². The van der Waals surface area contributed by atoms with Crippen LogP contribution in [0, 0.1) is 5.82 Å². The summed E-state index contributed by atoms with van der Waals surface area (Å²) in [5.41, 5.74) is 0.686. The Morgan fingerprint density at radius 2 is 2.20 bits per heavy atom. The minimum atomic E-state index is -0.300. The zero-order valence-corrected chi connectivity index (χ0v) is 12.1. The van der Waals surface area contributed by atoms with Crippen LogP contribution in [0.15, 0.2) is 47.9 Å². The molecule has 20 heavy (non-hydrogen) atoms. The van der Waals surface area contributed by atoms with Crippen LogP contribution in [0.4, 0.5) is 4.39 Å². The van der Waals surface area contributed by atoms with Crippen molar-refractivity contribution in [2.45, 2.75) is 13.5 Å². The van der Waals surface area contributed by atoms with E-state index < -0.39 is 0 Å². The minimum absolute atomic E-state index is 0.0647. The van der Waals surface area contributed by atoms with Crippen LogP contribution in [0.3, 0.4) is 0 Å². The van der Waals surface area contributed by atoms with E-state index in [1.54, 1.807) is 34.4 Å². The topological polar surface area (TPSA) is 20.3 Å². The fraction of sp³-hybridized carbons (Fsp3) is 0.188. The normalized spacial score (nSPS) is 10.9. The molecule has 104 valence electrons. The first kappa shape index (κ1) is 14.5. The van der Waals surface area contributed by atoms with Crippen LogP contribution in [-0.2, 0) is 11.3 Å². The summed E-state index contributed by atoms with van der Waals surface area (Å²) in [7, 11) is 0. The maximum absolute atomic E-state index is 13.0. The van der Waals surface area contributed by atoms with Crippen LogP contribution in [-0.4, -0.2) is 17.4 Å². The van der Waals surface area contributed by atoms with E-state index in [0.717, 1.165) is 4.88 Å². The maximum atomic E-state index is 13.0. The average molecular weight is 289 g/mol. The van der Waals surface area contributed by atoms with Crippen LogP contribution in [0.1, 0.15) is 17.4 Å². The van der Waals surface area contributed by atoms with Gasteiger partial charge in [-0.2, -0.15) is 0 Å². The highest BCUT2D eigenvalue weighted by Gasteiger charge is 2.09. The quantitative estimate of drug-likeness (QED) is 0.763. The van der Waals surface area contributed by atoms with Crippen molar-refractivity contribution in [2.24, 2.45) is 0 Å². The third kappa shape index (κ3) is 4.03. The highest BCUT2D eigenvalue weighted by Crippen LogP contribution is 2.12. The monoisotopic (exact) mass is 289 g/mol. The lowest BCUT2D eigenvalue weighted by Gasteiger charge is -2.18. The lowest BCUT2D eigenvalue weighted by atomic mass is 10.2. The van der Waals surface area contributed by atoms with Crippen molar-refractivity contribution < 1.29 is 9.18 Å². The molecule has 0 atom stereocenters. The highest BCUT2D eigenvalue weighted by atomic mass is 32.1. The summed E-state index contributed by atoms with van der Waals surface area (Å²) in [5, 5.41) is 2.00. The molecule has 0 aliphatic heterocycles. The van der Waals surface area contributed by atoms with Crippen LogP contribution >= 0.6 is 11.3 Å². The summed E-state index contributed by atoms with van der Waals surface area (Å²) in [5.74, 6) is -0.365. The number of hydrogen-bond acceptors (Lipinski definition) is 2. The van der Waals surface area contributed by atoms with E-state index in [1.165, 1.54) is 18.2 Å². The molecule has 0 unspecified atom stereocenters. The Labute approximate surface area is 122 Å². The molecule has 0 fully saturated rings. The molecule has 0 saturated heterocycles. The Hall–Kier alpha value is -1.94. The standard InChI is InChI=1S/C16H16FNOS/c1-2-18(12-15-7-4-10-20-15)16(19)9-8-13-5-3-6-14(17)11-13/h3-11H,2,12H2,1H3. The van der Waals surface area contributed by atoms with E-state index in [0.29, 0.717) is 18.7 Å². The van der Waals surface area contributed by atoms with Crippen molar-refractivity contribution >= 4 is 23.3 Å². The number of benzene rings is 1. The molecule has 1 amide bonds. The van der Waals surface area contributed by atoms with Crippen LogP contribution in [0.5, 0.6) is 0 Å². The lowest BCUT2D eigenvalue weighted by Crippen LogP contribution is -2.28. The van der Waals surface area contributed by atoms with Crippen LogP contribution in [0.2, 0.25) is 0 Å². The van der Waals surface area contributed by atoms with E-state index in [4.69, 9.17) is 0 Å². The van der Waals surface area contributed by atoms with Gasteiger partial charge >= 0.3 is 0 Å². The Balaban J connectivity index is 2.02. The summed E-state index contributed by atoms with van der Waals surface area (Å²) in [4.78, 5) is 15.0. The second-order valence-corrected chi connectivity index (χ2v) is 5.35. The molecular formula is C16H16FNOS. The number of thiophene rings is 1. The molecule has 0 radical (unpaired) electrons. The predicted molar refractivity (Wildman–Crippen MR) is 80.8 cm³/mol. The second kappa shape index (κ2) is 7.01. The van der Waals surface area contributed by atoms with Gasteiger partial charge in [0, 0.05) is 17.5 Å². The molecule has 4 heteroatoms. The first-order valence-corrected chi connectivity index (χ1v) is 7.32. The fourth-order valence-corrected chi connectivity index (χ4v) is 2.54. The summed E-state index contributed by atoms with van der Waals surface area (Å²) in [6.45, 7) is 3.20. The third-order valence-electron chi connectivity index (χ3n) is 2.89. The van der Waals surface area contributed by atoms with E-state index in [1.807, 2.05) is 24.4 Å². The van der Waals surface area contributed by atoms with Gasteiger partial charge in [0.1, 0.15) is 5.82 Å². The van der Waals surface area contributed by atoms with Gasteiger partial charge in [-0.1, -0.05) is 18.2 Å². The molecule has 0 aliphatic carbocycles. The van der Waals surface area contributed by atoms with E-state index >= 15 is 0 Å². The molecule has 2 aromatic rings. The van der Waals surface area contributed by atoms with Gasteiger partial charge in [-0.05, 0) is 42.1 Å². The third-order valence-corrected chi connectivity index (χ3v) is 3.75. The van der Waals surface area contributed by atoms with Crippen molar-refractivity contribution in [2.75, 3.05) is 6.54 Å². The number of likely N-dealkylation sites (N-methyl/N-ethyl adjacent to an activating group) is 1. The van der Waals surface area contributed by atoms with Crippen LogP contribution < -0.4 is 0 Å². The summed E-state index contributed by atoms with van der Waals surface area (Å²) in [6.07, 6.45) is 3.13. The van der Waals surface area contributed by atoms with E-state index in [2.05, 4.69) is 0 Å². The number of nitrogens with zero attached hydrogens (tertiary/aromatic N) is 1. The summed E-state index contributed by atoms with van der Waals surface area (Å²) < 4.78 is 13.0. The Morgan fingerprint density at radius 1 is 1.35 bits per heavy atom. The number of hydrogen-bond donors (Lipinski definition) is 0. The van der Waals surface area contributed by atoms with Crippen molar-refractivity contribution in [1.29, 1.82) is 0 Å². The van der Waals surface area contributed by atoms with Gasteiger partial charge in [0.25, 0.3) is 0 Å². The fourth-order valence-electron chi connectivity index (χ4n) is 1.82. The van der Waals surface area contributed by atoms with Gasteiger partial charge in [0.2, 0.25) is 5.91 Å². The first-order chi connectivity index (χ1) is 9.69. The number of amides is 1. The van der Waals surface area contributed by atoms with Gasteiger partial charge in [-0.15, -0.1) is 11.3 Å². The molecular weight excluding hydrogens is 273 g/mol. The number of halogens is 1. The minimum Gasteiger partial charge on any atom is -0.334 e. The smallest absolute Gasteiger partial charge is 0.246 e. The van der Waals surface area contributed by atoms with Crippen molar-refractivity contribution in [1.82, 2.24) is 4.90 Å². The van der Waals surface area contributed by atoms with Crippen molar-refractivity contribution in [3.8, 4) is 0 Å². The first-order valence-electron chi connectivity index (χ1n) is 6.44. The number of carbonyl (C=O) groups excluding carboxylic acids is 1. The SMILES string of the molecule is CCN(Cc1cccs1)C(=O)C=Cc1cccc(F)c1. The molecule has 0 spiro atoms. The Morgan fingerprint density at radius 3 is 2.85 bits per heavy atom. The van der Waals surface area contributed by atoms with Crippen molar-refractivity contribution in [3.63, 3.8) is 0 Å². The number of rotatable bonds is 5. The molecule has 0 saturated carbocycles. The Bertz CT molecular complexity index is 592. The molecule has 0 N–H and O–H groups in total. The zero-order chi connectivity index (χ0) is 14.4. The largest absolute Gasteiger partial charge is 0.334 e. The highest BCUT2D eigenvalue weighted by molar-refractivity contribution is 7.09. The molecule has 2 nitrogen and oxygen atoms in total. The maximum Gasteiger partial charge on any atom is 0.246 e. The molecule has 1 aromatic carbocycles. The van der Waals surface area contributed by atoms with Gasteiger partial charge in [-0.25, -0.2) is 4.39 Å². The second-order valence-electron chi connectivity index (χ2n) is 4.32. The number of carbonyl (C=O) groups is 1. The van der Waals surface area contributed by atoms with Gasteiger partial charge in [-0.3, -0.25) is 4.79 Å². The predicted octanol–water partition coefficient (Wildman–Crippen LogP) is 3.95. The van der Waals surface area contributed by atoms with Crippen molar-refractivity contribution in [3.05, 3.63) is 64.1 Å². The van der Waals surface area contributed by atoms with Crippen LogP contribution in [0.25, 0.3) is 6.08 Å². The molecule has 0 bridgehead atoms. The van der Waals surface area contributed by atoms with E-state index in [9.17, 15) is 9.18 Å². The summed E-state index contributed by atoms with van der Waals surface area (Å²) in [6, 6.07) is 10.2. The van der Waals surface area contributed by atoms with Gasteiger partial charge < -0.3 is 4.90 Å².